The summed E-state index contributed by atoms with van der Waals surface area (Å²) in [6.07, 6.45) is 1.10. The molecular weight excluding hydrogens is 532 g/mol. The van der Waals surface area contributed by atoms with Crippen molar-refractivity contribution < 1.29 is 33.8 Å². The zero-order valence-corrected chi connectivity index (χ0v) is 24.9. The van der Waals surface area contributed by atoms with Gasteiger partial charge in [-0.25, -0.2) is 9.59 Å². The summed E-state index contributed by atoms with van der Waals surface area (Å²) in [5.41, 5.74) is 11.9. The largest absolute Gasteiger partial charge is 0.506 e. The Labute approximate surface area is 243 Å². The molecule has 1 fully saturated rings. The Balaban J connectivity index is 0. The Morgan fingerprint density at radius 2 is 1.68 bits per heavy atom. The fraction of sp³-hybridized carbons (Fsp3) is 0.536. The number of carbonyl (C=O) groups excluding carboxylic acids is 4. The summed E-state index contributed by atoms with van der Waals surface area (Å²) in [6, 6.07) is 4.09. The van der Waals surface area contributed by atoms with Crippen molar-refractivity contribution in [1.29, 1.82) is 0 Å². The Bertz CT molecular complexity index is 940. The standard InChI is InChI=1S/C19H29N5O6.C5H9NO.C2H6.C2H4/c1-11(2)15(20)17(26)24-14(4-3-9-22-18(21)27)16(25)23-13-7-5-12(6-8-13)10-30-19(28)29;1-6-4-2-3-5(6)7;2*1-2/h5-8,11,14-15H,3-4,9-10,20H2,1-2H3,(H,23,25)(H,24,26)(H,28,29)(H3,21,22,27);2-4H2,1H3;1-2H3;1-2H2/t14?,15-;;;/m0.../s1. The molecule has 0 aromatic heterocycles. The number of hydrogen-bond acceptors (Lipinski definition) is 7. The zero-order valence-electron chi connectivity index (χ0n) is 24.9. The number of amides is 5. The lowest BCUT2D eigenvalue weighted by molar-refractivity contribution is -0.128. The molecule has 13 nitrogen and oxygen atoms in total. The summed E-state index contributed by atoms with van der Waals surface area (Å²) in [6.45, 7) is 14.7. The van der Waals surface area contributed by atoms with E-state index in [0.717, 1.165) is 19.4 Å². The van der Waals surface area contributed by atoms with E-state index in [1.54, 1.807) is 43.0 Å². The van der Waals surface area contributed by atoms with Crippen LogP contribution in [0.15, 0.2) is 37.4 Å². The van der Waals surface area contributed by atoms with Crippen molar-refractivity contribution in [3.63, 3.8) is 0 Å². The van der Waals surface area contributed by atoms with Gasteiger partial charge in [0.1, 0.15) is 12.6 Å². The minimum atomic E-state index is -1.38. The third-order valence-electron chi connectivity index (χ3n) is 5.52. The molecule has 1 aromatic carbocycles. The first-order chi connectivity index (χ1) is 19.4. The fourth-order valence-electron chi connectivity index (χ4n) is 3.20. The van der Waals surface area contributed by atoms with Gasteiger partial charge >= 0.3 is 12.2 Å². The molecule has 1 unspecified atom stereocenters. The molecule has 1 aliphatic heterocycles. The maximum Gasteiger partial charge on any atom is 0.506 e. The quantitative estimate of drug-likeness (QED) is 0.130. The number of nitrogens with one attached hydrogen (secondary N) is 3. The molecule has 1 aliphatic rings. The average Bonchev–Trinajstić information content (AvgIpc) is 3.33. The van der Waals surface area contributed by atoms with Gasteiger partial charge < -0.3 is 42.2 Å². The normalized spacial score (nSPS) is 13.0. The minimum Gasteiger partial charge on any atom is -0.450 e. The highest BCUT2D eigenvalue weighted by molar-refractivity contribution is 5.97. The van der Waals surface area contributed by atoms with Crippen molar-refractivity contribution in [2.45, 2.75) is 72.1 Å². The summed E-state index contributed by atoms with van der Waals surface area (Å²) in [5, 5.41) is 16.3. The van der Waals surface area contributed by atoms with Crippen molar-refractivity contribution in [2.75, 3.05) is 25.5 Å². The van der Waals surface area contributed by atoms with Crippen LogP contribution in [-0.4, -0.2) is 72.1 Å². The number of nitrogens with two attached hydrogens (primary N) is 2. The summed E-state index contributed by atoms with van der Waals surface area (Å²) in [4.78, 5) is 58.5. The molecule has 2 atom stereocenters. The molecule has 232 valence electrons. The first-order valence-corrected chi connectivity index (χ1v) is 13.5. The molecule has 0 aliphatic carbocycles. The van der Waals surface area contributed by atoms with Gasteiger partial charge in [-0.15, -0.1) is 13.2 Å². The lowest BCUT2D eigenvalue weighted by Gasteiger charge is -2.22. The predicted octanol–water partition coefficient (Wildman–Crippen LogP) is 2.80. The van der Waals surface area contributed by atoms with Crippen LogP contribution in [0.4, 0.5) is 15.3 Å². The monoisotopic (exact) mass is 580 g/mol. The Morgan fingerprint density at radius 3 is 2.10 bits per heavy atom. The van der Waals surface area contributed by atoms with Crippen LogP contribution >= 0.6 is 0 Å². The van der Waals surface area contributed by atoms with Gasteiger partial charge in [0.2, 0.25) is 17.7 Å². The van der Waals surface area contributed by atoms with E-state index in [1.165, 1.54) is 0 Å². The Kier molecular flexibility index (Phi) is 21.6. The van der Waals surface area contributed by atoms with Crippen LogP contribution in [0.2, 0.25) is 0 Å². The number of ether oxygens (including phenoxy) is 1. The number of carboxylic acid groups (broad SMARTS) is 1. The van der Waals surface area contributed by atoms with Gasteiger partial charge in [-0.05, 0) is 42.9 Å². The van der Waals surface area contributed by atoms with Crippen molar-refractivity contribution in [3.8, 4) is 0 Å². The number of carbonyl (C=O) groups is 5. The molecule has 1 saturated heterocycles. The highest BCUT2D eigenvalue weighted by Crippen LogP contribution is 2.12. The SMILES string of the molecule is C=C.CC.CC(C)[C@H](N)C(=O)NC(CCCNC(N)=O)C(=O)Nc1ccc(COC(=O)O)cc1.CN1CCCC1=O. The molecule has 0 bridgehead atoms. The van der Waals surface area contributed by atoms with Crippen LogP contribution < -0.4 is 27.4 Å². The number of rotatable bonds is 11. The molecule has 1 heterocycles. The van der Waals surface area contributed by atoms with E-state index in [4.69, 9.17) is 16.6 Å². The molecule has 5 amide bonds. The summed E-state index contributed by atoms with van der Waals surface area (Å²) >= 11 is 0. The Morgan fingerprint density at radius 1 is 1.10 bits per heavy atom. The summed E-state index contributed by atoms with van der Waals surface area (Å²) in [5.74, 6) is -0.715. The van der Waals surface area contributed by atoms with Crippen LogP contribution in [0.1, 0.15) is 58.9 Å². The van der Waals surface area contributed by atoms with Crippen LogP contribution in [0.3, 0.4) is 0 Å². The second-order valence-electron chi connectivity index (χ2n) is 8.92. The van der Waals surface area contributed by atoms with Crippen LogP contribution in [-0.2, 0) is 25.7 Å². The van der Waals surface area contributed by atoms with Gasteiger partial charge in [0, 0.05) is 32.2 Å². The van der Waals surface area contributed by atoms with E-state index in [-0.39, 0.29) is 25.5 Å². The molecular formula is C28H48N6O7. The van der Waals surface area contributed by atoms with E-state index in [1.807, 2.05) is 20.9 Å². The lowest BCUT2D eigenvalue weighted by Crippen LogP contribution is -2.51. The molecule has 2 rings (SSSR count). The smallest absolute Gasteiger partial charge is 0.450 e. The number of urea groups is 1. The van der Waals surface area contributed by atoms with Crippen molar-refractivity contribution in [3.05, 3.63) is 43.0 Å². The third-order valence-corrected chi connectivity index (χ3v) is 5.52. The third kappa shape index (κ3) is 18.0. The Hall–Kier alpha value is -4.13. The van der Waals surface area contributed by atoms with E-state index in [0.29, 0.717) is 23.6 Å². The zero-order chi connectivity index (χ0) is 32.0. The first kappa shape index (κ1) is 39.0. The van der Waals surface area contributed by atoms with E-state index in [9.17, 15) is 24.0 Å². The van der Waals surface area contributed by atoms with Gasteiger partial charge in [-0.1, -0.05) is 39.8 Å². The maximum absolute atomic E-state index is 12.7. The predicted molar refractivity (Wildman–Crippen MR) is 159 cm³/mol. The average molecular weight is 581 g/mol. The highest BCUT2D eigenvalue weighted by atomic mass is 16.7. The lowest BCUT2D eigenvalue weighted by atomic mass is 10.0. The molecule has 13 heteroatoms. The van der Waals surface area contributed by atoms with Gasteiger partial charge in [-0.2, -0.15) is 0 Å². The number of primary amides is 1. The second kappa shape index (κ2) is 22.7. The summed E-state index contributed by atoms with van der Waals surface area (Å²) in [7, 11) is 1.84. The molecule has 41 heavy (non-hydrogen) atoms. The maximum atomic E-state index is 12.7. The van der Waals surface area contributed by atoms with Crippen LogP contribution in [0, 0.1) is 5.92 Å². The second-order valence-corrected chi connectivity index (χ2v) is 8.92. The first-order valence-electron chi connectivity index (χ1n) is 13.5. The van der Waals surface area contributed by atoms with E-state index < -0.39 is 36.1 Å². The van der Waals surface area contributed by atoms with E-state index >= 15 is 0 Å². The number of nitrogens with zero attached hydrogens (tertiary/aromatic N) is 1. The van der Waals surface area contributed by atoms with Crippen molar-refractivity contribution in [2.24, 2.45) is 17.4 Å². The van der Waals surface area contributed by atoms with Gasteiger partial charge in [0.15, 0.2) is 0 Å². The number of benzene rings is 1. The van der Waals surface area contributed by atoms with Crippen molar-refractivity contribution >= 4 is 35.6 Å². The summed E-state index contributed by atoms with van der Waals surface area (Å²) < 4.78 is 4.48. The minimum absolute atomic E-state index is 0.106. The van der Waals surface area contributed by atoms with Crippen molar-refractivity contribution in [1.82, 2.24) is 15.5 Å². The fourth-order valence-corrected chi connectivity index (χ4v) is 3.20. The molecule has 8 N–H and O–H groups in total. The number of hydrogen-bond donors (Lipinski definition) is 6. The molecule has 0 radical (unpaired) electrons. The van der Waals surface area contributed by atoms with Gasteiger partial charge in [0.05, 0.1) is 6.04 Å². The number of likely N-dealkylation sites (tertiary alicyclic amines) is 1. The molecule has 0 spiro atoms. The van der Waals surface area contributed by atoms with Gasteiger partial charge in [0.25, 0.3) is 0 Å². The highest BCUT2D eigenvalue weighted by Gasteiger charge is 2.25. The molecule has 1 aromatic rings. The van der Waals surface area contributed by atoms with Crippen LogP contribution in [0.25, 0.3) is 0 Å². The topological polar surface area (TPSA) is 206 Å². The van der Waals surface area contributed by atoms with Crippen LogP contribution in [0.5, 0.6) is 0 Å². The molecule has 0 saturated carbocycles. The van der Waals surface area contributed by atoms with E-state index in [2.05, 4.69) is 33.8 Å². The van der Waals surface area contributed by atoms with Gasteiger partial charge in [-0.3, -0.25) is 14.4 Å². The number of anilines is 1.